The Hall–Kier alpha value is -4.05. The number of nitriles is 1. The topological polar surface area (TPSA) is 109 Å². The fourth-order valence-corrected chi connectivity index (χ4v) is 8.30. The first-order chi connectivity index (χ1) is 23.3. The number of hydrogen-bond donors (Lipinski definition) is 1. The summed E-state index contributed by atoms with van der Waals surface area (Å²) in [5, 5.41) is 20.3. The Morgan fingerprint density at radius 1 is 1.12 bits per heavy atom. The van der Waals surface area contributed by atoms with E-state index in [0.29, 0.717) is 43.9 Å². The fourth-order valence-electron chi connectivity index (χ4n) is 8.03. The van der Waals surface area contributed by atoms with Gasteiger partial charge in [0.1, 0.15) is 18.2 Å². The van der Waals surface area contributed by atoms with Gasteiger partial charge in [0.2, 0.25) is 0 Å². The molecule has 13 heteroatoms. The highest BCUT2D eigenvalue weighted by molar-refractivity contribution is 6.36. The van der Waals surface area contributed by atoms with Gasteiger partial charge in [-0.3, -0.25) is 9.69 Å². The van der Waals surface area contributed by atoms with E-state index < -0.39 is 30.2 Å². The van der Waals surface area contributed by atoms with Crippen LogP contribution in [0.4, 0.5) is 20.3 Å². The number of nitrogens with zero attached hydrogens (tertiary/aromatic N) is 7. The standard InChI is InChI=1S/C35H38ClF2N7O3/c36-31-26(37)7-6-23-4-1-5-29(30(23)31)42-16-9-25-28(21-42)40-34(48-22-35-11-2-14-44(35)15-3-12-35)41-32(25)43-17-18-45(24(20-43)8-13-39)33(47)27(38)10-19-46/h1,4-7,10,24,46H,2-3,8-9,11-12,14-22H2/b27-10-/t24-/m0/s1. The van der Waals surface area contributed by atoms with Crippen LogP contribution in [0.15, 0.2) is 42.2 Å². The maximum atomic E-state index is 14.6. The summed E-state index contributed by atoms with van der Waals surface area (Å²) >= 11 is 6.51. The minimum absolute atomic E-state index is 0.00866. The number of carbonyl (C=O) groups excluding carboxylic acids is 1. The Morgan fingerprint density at radius 3 is 2.71 bits per heavy atom. The monoisotopic (exact) mass is 677 g/mol. The lowest BCUT2D eigenvalue weighted by Crippen LogP contribution is -2.56. The van der Waals surface area contributed by atoms with E-state index >= 15 is 0 Å². The molecule has 0 saturated carbocycles. The highest BCUT2D eigenvalue weighted by Crippen LogP contribution is 2.41. The number of halogens is 3. The van der Waals surface area contributed by atoms with Gasteiger partial charge >= 0.3 is 6.01 Å². The minimum atomic E-state index is -1.04. The molecule has 5 heterocycles. The lowest BCUT2D eigenvalue weighted by atomic mass is 9.95. The third-order valence-electron chi connectivity index (χ3n) is 10.4. The second-order valence-corrected chi connectivity index (χ2v) is 13.4. The summed E-state index contributed by atoms with van der Waals surface area (Å²) < 4.78 is 35.5. The minimum Gasteiger partial charge on any atom is -0.461 e. The maximum Gasteiger partial charge on any atom is 0.318 e. The number of piperazine rings is 1. The van der Waals surface area contributed by atoms with E-state index in [0.717, 1.165) is 67.2 Å². The summed E-state index contributed by atoms with van der Waals surface area (Å²) in [6.07, 6.45) is 5.85. The fraction of sp³-hybridized carbons (Fsp3) is 0.486. The van der Waals surface area contributed by atoms with Gasteiger partial charge in [-0.25, -0.2) is 8.78 Å². The molecule has 1 aromatic heterocycles. The van der Waals surface area contributed by atoms with Crippen molar-refractivity contribution in [3.05, 3.63) is 64.3 Å². The molecule has 10 nitrogen and oxygen atoms in total. The van der Waals surface area contributed by atoms with Crippen LogP contribution in [0.5, 0.6) is 6.01 Å². The molecule has 3 fully saturated rings. The van der Waals surface area contributed by atoms with Gasteiger partial charge in [0.15, 0.2) is 5.83 Å². The van der Waals surface area contributed by atoms with E-state index in [1.165, 1.54) is 11.0 Å². The van der Waals surface area contributed by atoms with Gasteiger partial charge in [-0.15, -0.1) is 0 Å². The number of ether oxygens (including phenoxy) is 1. The van der Waals surface area contributed by atoms with Crippen molar-refractivity contribution < 1.29 is 23.4 Å². The summed E-state index contributed by atoms with van der Waals surface area (Å²) in [4.78, 5) is 30.9. The lowest BCUT2D eigenvalue weighted by Gasteiger charge is -2.42. The van der Waals surface area contributed by atoms with Crippen molar-refractivity contribution in [2.24, 2.45) is 0 Å². The number of anilines is 2. The van der Waals surface area contributed by atoms with Crippen molar-refractivity contribution in [3.8, 4) is 12.1 Å². The molecule has 0 aliphatic carbocycles. The normalized spacial score (nSPS) is 20.9. The number of hydrogen-bond acceptors (Lipinski definition) is 9. The molecule has 0 spiro atoms. The zero-order valence-electron chi connectivity index (χ0n) is 26.7. The summed E-state index contributed by atoms with van der Waals surface area (Å²) in [6, 6.07) is 10.7. The van der Waals surface area contributed by atoms with Crippen molar-refractivity contribution in [2.45, 2.75) is 56.7 Å². The molecule has 252 valence electrons. The Balaban J connectivity index is 1.23. The van der Waals surface area contributed by atoms with E-state index in [2.05, 4.69) is 15.9 Å². The summed E-state index contributed by atoms with van der Waals surface area (Å²) in [6.45, 7) is 3.87. The number of carbonyl (C=O) groups is 1. The van der Waals surface area contributed by atoms with Gasteiger partial charge in [0, 0.05) is 42.8 Å². The first kappa shape index (κ1) is 32.5. The first-order valence-corrected chi connectivity index (χ1v) is 17.0. The number of rotatable bonds is 8. The molecular weight excluding hydrogens is 640 g/mol. The van der Waals surface area contributed by atoms with Crippen LogP contribution in [0.3, 0.4) is 0 Å². The number of aliphatic hydroxyl groups excluding tert-OH is 1. The molecule has 2 aromatic carbocycles. The van der Waals surface area contributed by atoms with Crippen LogP contribution in [0.25, 0.3) is 10.8 Å². The third kappa shape index (κ3) is 5.93. The number of aromatic nitrogens is 2. The van der Waals surface area contributed by atoms with Crippen LogP contribution in [0.1, 0.15) is 43.4 Å². The van der Waals surface area contributed by atoms with Crippen molar-refractivity contribution >= 4 is 39.8 Å². The molecule has 48 heavy (non-hydrogen) atoms. The van der Waals surface area contributed by atoms with Gasteiger partial charge in [-0.05, 0) is 68.8 Å². The van der Waals surface area contributed by atoms with Crippen LogP contribution in [0, 0.1) is 17.1 Å². The quantitative estimate of drug-likeness (QED) is 0.338. The van der Waals surface area contributed by atoms with E-state index in [1.807, 2.05) is 23.1 Å². The van der Waals surface area contributed by atoms with Gasteiger partial charge < -0.3 is 24.5 Å². The highest BCUT2D eigenvalue weighted by Gasteiger charge is 2.45. The largest absolute Gasteiger partial charge is 0.461 e. The molecule has 0 unspecified atom stereocenters. The smallest absolute Gasteiger partial charge is 0.318 e. The van der Waals surface area contributed by atoms with E-state index in [9.17, 15) is 18.8 Å². The average Bonchev–Trinajstić information content (AvgIpc) is 3.69. The van der Waals surface area contributed by atoms with Crippen LogP contribution in [-0.2, 0) is 17.8 Å². The molecule has 4 aliphatic heterocycles. The third-order valence-corrected chi connectivity index (χ3v) is 10.8. The van der Waals surface area contributed by atoms with E-state index in [1.54, 1.807) is 6.07 Å². The SMILES string of the molecule is N#CC[C@H]1CN(c2nc(OCC34CCCN3CCC4)nc3c2CCN(c2cccc4ccc(F)c(Cl)c24)C3)CCN1C(=O)/C(F)=C/CO. The van der Waals surface area contributed by atoms with Crippen LogP contribution < -0.4 is 14.5 Å². The molecule has 1 amide bonds. The van der Waals surface area contributed by atoms with Gasteiger partial charge in [0.05, 0.1) is 47.9 Å². The zero-order valence-corrected chi connectivity index (χ0v) is 27.4. The summed E-state index contributed by atoms with van der Waals surface area (Å²) in [7, 11) is 0. The van der Waals surface area contributed by atoms with Crippen molar-refractivity contribution in [2.75, 3.05) is 62.3 Å². The highest BCUT2D eigenvalue weighted by atomic mass is 35.5. The molecule has 0 bridgehead atoms. The Kier molecular flexibility index (Phi) is 9.11. The number of benzene rings is 2. The Labute approximate surface area is 283 Å². The second kappa shape index (κ2) is 13.5. The molecule has 0 radical (unpaired) electrons. The summed E-state index contributed by atoms with van der Waals surface area (Å²) in [5.74, 6) is -1.66. The van der Waals surface area contributed by atoms with Crippen LogP contribution in [0.2, 0.25) is 5.02 Å². The summed E-state index contributed by atoms with van der Waals surface area (Å²) in [5.41, 5.74) is 2.53. The van der Waals surface area contributed by atoms with Crippen LogP contribution in [-0.4, -0.2) is 94.8 Å². The molecule has 1 N–H and O–H groups in total. The van der Waals surface area contributed by atoms with Gasteiger partial charge in [0.25, 0.3) is 5.91 Å². The Morgan fingerprint density at radius 2 is 1.94 bits per heavy atom. The molecule has 3 aromatic rings. The zero-order chi connectivity index (χ0) is 33.4. The van der Waals surface area contributed by atoms with Crippen LogP contribution >= 0.6 is 11.6 Å². The predicted molar refractivity (Wildman–Crippen MR) is 178 cm³/mol. The number of aliphatic hydroxyl groups is 1. The second-order valence-electron chi connectivity index (χ2n) is 13.1. The lowest BCUT2D eigenvalue weighted by molar-refractivity contribution is -0.131. The molecule has 3 saturated heterocycles. The van der Waals surface area contributed by atoms with Gasteiger partial charge in [-0.1, -0.05) is 29.8 Å². The molecule has 7 rings (SSSR count). The van der Waals surface area contributed by atoms with Crippen molar-refractivity contribution in [1.29, 1.82) is 5.26 Å². The molecule has 1 atom stereocenters. The van der Waals surface area contributed by atoms with Crippen molar-refractivity contribution in [3.63, 3.8) is 0 Å². The average molecular weight is 678 g/mol. The Bertz CT molecular complexity index is 1790. The van der Waals surface area contributed by atoms with Crippen molar-refractivity contribution in [1.82, 2.24) is 19.8 Å². The van der Waals surface area contributed by atoms with Gasteiger partial charge in [-0.2, -0.15) is 15.2 Å². The molecule has 4 aliphatic rings. The predicted octanol–water partition coefficient (Wildman–Crippen LogP) is 4.77. The van der Waals surface area contributed by atoms with E-state index in [4.69, 9.17) is 31.4 Å². The first-order valence-electron chi connectivity index (χ1n) is 16.6. The molecular formula is C35H38ClF2N7O3. The maximum absolute atomic E-state index is 14.6. The number of fused-ring (bicyclic) bond motifs is 3. The number of amides is 1. The van der Waals surface area contributed by atoms with E-state index in [-0.39, 0.29) is 36.1 Å².